The average Bonchev–Trinajstić information content (AvgIpc) is 3.02. The Morgan fingerprint density at radius 2 is 2.50 bits per heavy atom. The van der Waals surface area contributed by atoms with Gasteiger partial charge < -0.3 is 10.1 Å². The molecule has 0 atom stereocenters. The lowest BCUT2D eigenvalue weighted by atomic mass is 10.2. The van der Waals surface area contributed by atoms with E-state index in [9.17, 15) is 4.79 Å². The monoisotopic (exact) mass is 223 g/mol. The van der Waals surface area contributed by atoms with E-state index in [1.54, 1.807) is 7.11 Å². The van der Waals surface area contributed by atoms with Crippen LogP contribution < -0.4 is 5.32 Å². The molecular weight excluding hydrogens is 206 g/mol. The topological polar surface area (TPSA) is 67.0 Å². The largest absolute Gasteiger partial charge is 0.385 e. The predicted octanol–water partition coefficient (Wildman–Crippen LogP) is 1.05. The molecular formula is C11H17N3O2. The average molecular weight is 223 g/mol. The number of carbonyl (C=O) groups excluding carboxylic acids is 1. The predicted molar refractivity (Wildman–Crippen MR) is 59.4 cm³/mol. The molecule has 1 aromatic heterocycles. The Labute approximate surface area is 94.6 Å². The Morgan fingerprint density at radius 3 is 3.19 bits per heavy atom. The number of ether oxygens (including phenoxy) is 1. The number of hydrogen-bond acceptors (Lipinski definition) is 3. The second kappa shape index (κ2) is 5.12. The van der Waals surface area contributed by atoms with Crippen molar-refractivity contribution in [1.29, 1.82) is 0 Å². The summed E-state index contributed by atoms with van der Waals surface area (Å²) < 4.78 is 4.90. The maximum absolute atomic E-state index is 11.6. The molecule has 1 saturated carbocycles. The molecule has 2 N–H and O–H groups in total. The number of aromatic nitrogens is 2. The van der Waals surface area contributed by atoms with E-state index in [0.29, 0.717) is 24.8 Å². The number of rotatable bonds is 6. The third-order valence-corrected chi connectivity index (χ3v) is 2.66. The van der Waals surface area contributed by atoms with E-state index in [1.165, 1.54) is 12.8 Å². The van der Waals surface area contributed by atoms with Crippen LogP contribution in [0.4, 0.5) is 0 Å². The van der Waals surface area contributed by atoms with Crippen LogP contribution in [0.3, 0.4) is 0 Å². The second-order valence-electron chi connectivity index (χ2n) is 4.09. The Bertz CT molecular complexity index is 358. The zero-order valence-corrected chi connectivity index (χ0v) is 9.45. The molecule has 1 aliphatic rings. The van der Waals surface area contributed by atoms with Crippen molar-refractivity contribution >= 4 is 5.91 Å². The molecule has 88 valence electrons. The quantitative estimate of drug-likeness (QED) is 0.708. The fraction of sp³-hybridized carbons (Fsp3) is 0.636. The normalized spacial score (nSPS) is 15.1. The summed E-state index contributed by atoms with van der Waals surface area (Å²) in [7, 11) is 1.65. The van der Waals surface area contributed by atoms with Gasteiger partial charge in [-0.25, -0.2) is 0 Å². The van der Waals surface area contributed by atoms with E-state index in [1.807, 2.05) is 6.07 Å². The van der Waals surface area contributed by atoms with E-state index in [2.05, 4.69) is 15.5 Å². The first kappa shape index (κ1) is 11.1. The van der Waals surface area contributed by atoms with Crippen LogP contribution in [0, 0.1) is 0 Å². The third-order valence-electron chi connectivity index (χ3n) is 2.66. The van der Waals surface area contributed by atoms with Crippen LogP contribution >= 0.6 is 0 Å². The summed E-state index contributed by atoms with van der Waals surface area (Å²) >= 11 is 0. The van der Waals surface area contributed by atoms with Gasteiger partial charge in [0.2, 0.25) is 0 Å². The van der Waals surface area contributed by atoms with Crippen molar-refractivity contribution in [3.63, 3.8) is 0 Å². The number of amides is 1. The smallest absolute Gasteiger partial charge is 0.271 e. The summed E-state index contributed by atoms with van der Waals surface area (Å²) in [6, 6.07) is 1.85. The van der Waals surface area contributed by atoms with Gasteiger partial charge in [-0.05, 0) is 25.3 Å². The van der Waals surface area contributed by atoms with Gasteiger partial charge in [0, 0.05) is 31.9 Å². The molecule has 0 bridgehead atoms. The molecule has 0 aromatic carbocycles. The highest BCUT2D eigenvalue weighted by atomic mass is 16.5. The van der Waals surface area contributed by atoms with Gasteiger partial charge >= 0.3 is 0 Å². The lowest BCUT2D eigenvalue weighted by Crippen LogP contribution is -2.25. The van der Waals surface area contributed by atoms with Gasteiger partial charge in [0.1, 0.15) is 5.69 Å². The van der Waals surface area contributed by atoms with E-state index < -0.39 is 0 Å². The summed E-state index contributed by atoms with van der Waals surface area (Å²) in [5.74, 6) is 0.488. The molecule has 0 spiro atoms. The molecule has 0 aliphatic heterocycles. The molecule has 1 fully saturated rings. The van der Waals surface area contributed by atoms with Gasteiger partial charge in [0.05, 0.1) is 0 Å². The standard InChI is InChI=1S/C11H17N3O2/c1-16-6-2-5-12-11(15)10-7-9(13-14-10)8-3-4-8/h7-8H,2-6H2,1H3,(H,12,15)(H,13,14). The van der Waals surface area contributed by atoms with Crippen molar-refractivity contribution in [2.75, 3.05) is 20.3 Å². The molecule has 5 nitrogen and oxygen atoms in total. The van der Waals surface area contributed by atoms with Crippen LogP contribution in [0.2, 0.25) is 0 Å². The minimum Gasteiger partial charge on any atom is -0.385 e. The van der Waals surface area contributed by atoms with Crippen molar-refractivity contribution in [1.82, 2.24) is 15.5 Å². The maximum Gasteiger partial charge on any atom is 0.271 e. The summed E-state index contributed by atoms with van der Waals surface area (Å²) in [4.78, 5) is 11.6. The molecule has 2 rings (SSSR count). The number of nitrogens with one attached hydrogen (secondary N) is 2. The van der Waals surface area contributed by atoms with Gasteiger partial charge in [0.15, 0.2) is 0 Å². The molecule has 1 amide bonds. The van der Waals surface area contributed by atoms with Crippen LogP contribution in [-0.4, -0.2) is 36.4 Å². The third kappa shape index (κ3) is 2.82. The Hall–Kier alpha value is -1.36. The van der Waals surface area contributed by atoms with Crippen molar-refractivity contribution in [2.24, 2.45) is 0 Å². The van der Waals surface area contributed by atoms with E-state index >= 15 is 0 Å². The molecule has 0 unspecified atom stereocenters. The summed E-state index contributed by atoms with van der Waals surface area (Å²) in [5, 5.41) is 9.73. The van der Waals surface area contributed by atoms with Crippen LogP contribution in [-0.2, 0) is 4.74 Å². The molecule has 1 heterocycles. The number of H-pyrrole nitrogens is 1. The first-order valence-electron chi connectivity index (χ1n) is 5.63. The highest BCUT2D eigenvalue weighted by Gasteiger charge is 2.26. The zero-order valence-electron chi connectivity index (χ0n) is 9.45. The SMILES string of the molecule is COCCCNC(=O)c1cc(C2CC2)[nH]n1. The Balaban J connectivity index is 1.78. The van der Waals surface area contributed by atoms with Gasteiger partial charge in [-0.2, -0.15) is 5.10 Å². The molecule has 0 saturated heterocycles. The van der Waals surface area contributed by atoms with Gasteiger partial charge in [0.25, 0.3) is 5.91 Å². The molecule has 16 heavy (non-hydrogen) atoms. The van der Waals surface area contributed by atoms with Gasteiger partial charge in [-0.3, -0.25) is 9.89 Å². The molecule has 5 heteroatoms. The number of aromatic amines is 1. The lowest BCUT2D eigenvalue weighted by Gasteiger charge is -2.01. The number of methoxy groups -OCH3 is 1. The summed E-state index contributed by atoms with van der Waals surface area (Å²) in [6.45, 7) is 1.28. The van der Waals surface area contributed by atoms with Crippen LogP contribution in [0.5, 0.6) is 0 Å². The van der Waals surface area contributed by atoms with Gasteiger partial charge in [-0.1, -0.05) is 0 Å². The van der Waals surface area contributed by atoms with E-state index in [-0.39, 0.29) is 5.91 Å². The fourth-order valence-corrected chi connectivity index (χ4v) is 1.57. The van der Waals surface area contributed by atoms with Gasteiger partial charge in [-0.15, -0.1) is 0 Å². The minimum absolute atomic E-state index is 0.112. The van der Waals surface area contributed by atoms with Crippen LogP contribution in [0.1, 0.15) is 41.4 Å². The van der Waals surface area contributed by atoms with Crippen molar-refractivity contribution < 1.29 is 9.53 Å². The minimum atomic E-state index is -0.112. The molecule has 0 radical (unpaired) electrons. The van der Waals surface area contributed by atoms with Crippen LogP contribution in [0.15, 0.2) is 6.07 Å². The molecule has 1 aliphatic carbocycles. The number of carbonyl (C=O) groups is 1. The first-order chi connectivity index (χ1) is 7.81. The van der Waals surface area contributed by atoms with Crippen molar-refractivity contribution in [3.05, 3.63) is 17.5 Å². The highest BCUT2D eigenvalue weighted by Crippen LogP contribution is 2.38. The summed E-state index contributed by atoms with van der Waals surface area (Å²) in [5.41, 5.74) is 1.57. The molecule has 1 aromatic rings. The lowest BCUT2D eigenvalue weighted by molar-refractivity contribution is 0.0943. The zero-order chi connectivity index (χ0) is 11.4. The second-order valence-corrected chi connectivity index (χ2v) is 4.09. The summed E-state index contributed by atoms with van der Waals surface area (Å²) in [6.07, 6.45) is 3.23. The number of hydrogen-bond donors (Lipinski definition) is 2. The first-order valence-corrected chi connectivity index (χ1v) is 5.63. The maximum atomic E-state index is 11.6. The Kier molecular flexibility index (Phi) is 3.56. The highest BCUT2D eigenvalue weighted by molar-refractivity contribution is 5.92. The van der Waals surface area contributed by atoms with E-state index in [4.69, 9.17) is 4.74 Å². The Morgan fingerprint density at radius 1 is 1.69 bits per heavy atom. The van der Waals surface area contributed by atoms with Crippen molar-refractivity contribution in [2.45, 2.75) is 25.2 Å². The number of nitrogens with zero attached hydrogens (tertiary/aromatic N) is 1. The fourth-order valence-electron chi connectivity index (χ4n) is 1.57. The van der Waals surface area contributed by atoms with Crippen LogP contribution in [0.25, 0.3) is 0 Å². The van der Waals surface area contributed by atoms with Crippen molar-refractivity contribution in [3.8, 4) is 0 Å². The van der Waals surface area contributed by atoms with E-state index in [0.717, 1.165) is 12.1 Å².